The number of rotatable bonds is 7. The molecule has 3 aromatic rings. The van der Waals surface area contributed by atoms with Crippen LogP contribution in [-0.4, -0.2) is 20.9 Å². The van der Waals surface area contributed by atoms with E-state index in [4.69, 9.17) is 4.74 Å². The summed E-state index contributed by atoms with van der Waals surface area (Å²) in [4.78, 5) is 12.1. The van der Waals surface area contributed by atoms with Crippen molar-refractivity contribution in [1.82, 2.24) is 0 Å². The van der Waals surface area contributed by atoms with Crippen molar-refractivity contribution in [2.45, 2.75) is 11.8 Å². The van der Waals surface area contributed by atoms with Crippen molar-refractivity contribution in [3.05, 3.63) is 84.4 Å². The van der Waals surface area contributed by atoms with E-state index in [0.29, 0.717) is 17.1 Å². The van der Waals surface area contributed by atoms with Gasteiger partial charge in [-0.1, -0.05) is 35.9 Å². The summed E-state index contributed by atoms with van der Waals surface area (Å²) in [6.07, 6.45) is 0. The molecule has 1 amide bonds. The Balaban J connectivity index is 1.57. The molecule has 0 aliphatic rings. The third-order valence-electron chi connectivity index (χ3n) is 3.87. The molecule has 0 saturated heterocycles. The minimum Gasteiger partial charge on any atom is -0.484 e. The van der Waals surface area contributed by atoms with Gasteiger partial charge in [-0.15, -0.1) is 0 Å². The van der Waals surface area contributed by atoms with Crippen molar-refractivity contribution < 1.29 is 17.9 Å². The molecular weight excluding hydrogens is 376 g/mol. The Kier molecular flexibility index (Phi) is 5.96. The van der Waals surface area contributed by atoms with Crippen LogP contribution in [-0.2, 0) is 14.8 Å². The molecule has 0 aromatic heterocycles. The molecule has 0 aliphatic carbocycles. The summed E-state index contributed by atoms with van der Waals surface area (Å²) in [6, 6.07) is 21.9. The average Bonchev–Trinajstić information content (AvgIpc) is 2.68. The number of carbonyl (C=O) groups excluding carboxylic acids is 1. The van der Waals surface area contributed by atoms with E-state index in [1.807, 2.05) is 19.1 Å². The van der Waals surface area contributed by atoms with E-state index in [2.05, 4.69) is 10.0 Å². The molecule has 2 N–H and O–H groups in total. The van der Waals surface area contributed by atoms with E-state index >= 15 is 0 Å². The second kappa shape index (κ2) is 8.58. The number of aryl methyl sites for hydroxylation is 1. The monoisotopic (exact) mass is 396 g/mol. The van der Waals surface area contributed by atoms with Gasteiger partial charge >= 0.3 is 0 Å². The minimum atomic E-state index is -3.70. The predicted octanol–water partition coefficient (Wildman–Crippen LogP) is 3.81. The molecule has 0 aliphatic heterocycles. The third kappa shape index (κ3) is 5.34. The smallest absolute Gasteiger partial charge is 0.262 e. The first-order chi connectivity index (χ1) is 13.4. The lowest BCUT2D eigenvalue weighted by Crippen LogP contribution is -2.20. The molecule has 0 radical (unpaired) electrons. The van der Waals surface area contributed by atoms with Crippen LogP contribution in [0.1, 0.15) is 5.56 Å². The van der Waals surface area contributed by atoms with Gasteiger partial charge in [0.2, 0.25) is 0 Å². The molecule has 7 heteroatoms. The fraction of sp³-hybridized carbons (Fsp3) is 0.0952. The van der Waals surface area contributed by atoms with Gasteiger partial charge in [0.15, 0.2) is 6.61 Å². The fourth-order valence-electron chi connectivity index (χ4n) is 2.42. The quantitative estimate of drug-likeness (QED) is 0.636. The van der Waals surface area contributed by atoms with Crippen molar-refractivity contribution in [1.29, 1.82) is 0 Å². The number of hydrogen-bond donors (Lipinski definition) is 2. The summed E-state index contributed by atoms with van der Waals surface area (Å²) >= 11 is 0. The van der Waals surface area contributed by atoms with Gasteiger partial charge in [-0.25, -0.2) is 8.42 Å². The highest BCUT2D eigenvalue weighted by Gasteiger charge is 2.14. The van der Waals surface area contributed by atoms with Crippen LogP contribution >= 0.6 is 0 Å². The summed E-state index contributed by atoms with van der Waals surface area (Å²) in [6.45, 7) is 1.83. The summed E-state index contributed by atoms with van der Waals surface area (Å²) in [5.74, 6) is 0.271. The molecule has 0 atom stereocenters. The van der Waals surface area contributed by atoms with E-state index in [0.717, 1.165) is 5.56 Å². The number of benzene rings is 3. The Morgan fingerprint density at radius 1 is 0.857 bits per heavy atom. The van der Waals surface area contributed by atoms with Crippen LogP contribution in [0.15, 0.2) is 83.8 Å². The topological polar surface area (TPSA) is 84.5 Å². The molecule has 0 fully saturated rings. The lowest BCUT2D eigenvalue weighted by molar-refractivity contribution is -0.118. The maximum Gasteiger partial charge on any atom is 0.262 e. The van der Waals surface area contributed by atoms with E-state index in [1.54, 1.807) is 42.5 Å². The zero-order valence-corrected chi connectivity index (χ0v) is 16.1. The lowest BCUT2D eigenvalue weighted by Gasteiger charge is -2.10. The minimum absolute atomic E-state index is 0.102. The lowest BCUT2D eigenvalue weighted by atomic mass is 10.2. The zero-order valence-electron chi connectivity index (χ0n) is 15.3. The second-order valence-electron chi connectivity index (χ2n) is 6.15. The molecule has 0 heterocycles. The average molecular weight is 396 g/mol. The van der Waals surface area contributed by atoms with Crippen LogP contribution in [0.4, 0.5) is 11.4 Å². The number of ether oxygens (including phenoxy) is 1. The van der Waals surface area contributed by atoms with Crippen LogP contribution in [0.2, 0.25) is 0 Å². The number of nitrogens with one attached hydrogen (secondary N) is 2. The first-order valence-corrected chi connectivity index (χ1v) is 10.1. The standard InChI is InChI=1S/C21H20N2O4S/c1-16-7-11-19(12-8-16)27-15-21(24)22-17-9-13-20(14-10-17)28(25,26)23-18-5-3-2-4-6-18/h2-14,23H,15H2,1H3,(H,22,24). The molecule has 28 heavy (non-hydrogen) atoms. The van der Waals surface area contributed by atoms with Crippen molar-refractivity contribution in [3.8, 4) is 5.75 Å². The molecule has 3 aromatic carbocycles. The number of para-hydroxylation sites is 1. The number of sulfonamides is 1. The largest absolute Gasteiger partial charge is 0.484 e. The van der Waals surface area contributed by atoms with Gasteiger partial charge in [0, 0.05) is 11.4 Å². The van der Waals surface area contributed by atoms with E-state index in [1.165, 1.54) is 24.3 Å². The highest BCUT2D eigenvalue weighted by Crippen LogP contribution is 2.18. The van der Waals surface area contributed by atoms with Crippen molar-refractivity contribution in [2.24, 2.45) is 0 Å². The molecule has 3 rings (SSSR count). The molecule has 0 bridgehead atoms. The summed E-state index contributed by atoms with van der Waals surface area (Å²) < 4.78 is 32.7. The van der Waals surface area contributed by atoms with Gasteiger partial charge in [0.05, 0.1) is 4.90 Å². The predicted molar refractivity (Wildman–Crippen MR) is 109 cm³/mol. The Morgan fingerprint density at radius 3 is 2.14 bits per heavy atom. The van der Waals surface area contributed by atoms with E-state index in [-0.39, 0.29) is 17.4 Å². The van der Waals surface area contributed by atoms with Crippen molar-refractivity contribution >= 4 is 27.3 Å². The Labute approximate surface area is 164 Å². The molecule has 0 unspecified atom stereocenters. The van der Waals surface area contributed by atoms with Crippen LogP contribution in [0.25, 0.3) is 0 Å². The van der Waals surface area contributed by atoms with E-state index in [9.17, 15) is 13.2 Å². The zero-order chi connectivity index (χ0) is 20.0. The molecule has 6 nitrogen and oxygen atoms in total. The summed E-state index contributed by atoms with van der Waals surface area (Å²) in [7, 11) is -3.70. The number of amides is 1. The summed E-state index contributed by atoms with van der Waals surface area (Å²) in [5.41, 5.74) is 2.07. The molecule has 0 spiro atoms. The third-order valence-corrected chi connectivity index (χ3v) is 5.26. The fourth-order valence-corrected chi connectivity index (χ4v) is 3.48. The second-order valence-corrected chi connectivity index (χ2v) is 7.83. The first-order valence-electron chi connectivity index (χ1n) is 8.60. The van der Waals surface area contributed by atoms with Crippen LogP contribution < -0.4 is 14.8 Å². The van der Waals surface area contributed by atoms with Gasteiger partial charge in [-0.2, -0.15) is 0 Å². The van der Waals surface area contributed by atoms with Crippen molar-refractivity contribution in [3.63, 3.8) is 0 Å². The van der Waals surface area contributed by atoms with Gasteiger partial charge < -0.3 is 10.1 Å². The first kappa shape index (κ1) is 19.4. The number of hydrogen-bond acceptors (Lipinski definition) is 4. The number of anilines is 2. The maximum atomic E-state index is 12.4. The van der Waals surface area contributed by atoms with Crippen molar-refractivity contribution in [2.75, 3.05) is 16.6 Å². The molecule has 0 saturated carbocycles. The van der Waals surface area contributed by atoms with Gasteiger partial charge in [-0.3, -0.25) is 9.52 Å². The van der Waals surface area contributed by atoms with E-state index < -0.39 is 10.0 Å². The summed E-state index contributed by atoms with van der Waals surface area (Å²) in [5, 5.41) is 2.67. The normalized spacial score (nSPS) is 10.9. The van der Waals surface area contributed by atoms with Gasteiger partial charge in [0.25, 0.3) is 15.9 Å². The Morgan fingerprint density at radius 2 is 1.50 bits per heavy atom. The van der Waals surface area contributed by atoms with Gasteiger partial charge in [0.1, 0.15) is 5.75 Å². The highest BCUT2D eigenvalue weighted by atomic mass is 32.2. The van der Waals surface area contributed by atoms with Gasteiger partial charge in [-0.05, 0) is 55.5 Å². The SMILES string of the molecule is Cc1ccc(OCC(=O)Nc2ccc(S(=O)(=O)Nc3ccccc3)cc2)cc1. The molecular formula is C21H20N2O4S. The highest BCUT2D eigenvalue weighted by molar-refractivity contribution is 7.92. The van der Waals surface area contributed by atoms with Crippen LogP contribution in [0.5, 0.6) is 5.75 Å². The Hall–Kier alpha value is -3.32. The Bertz CT molecular complexity index is 1030. The number of carbonyl (C=O) groups is 1. The van der Waals surface area contributed by atoms with Crippen LogP contribution in [0, 0.1) is 6.92 Å². The maximum absolute atomic E-state index is 12.4. The van der Waals surface area contributed by atoms with Crippen LogP contribution in [0.3, 0.4) is 0 Å². The molecule has 144 valence electrons.